The zero-order chi connectivity index (χ0) is 14.5. The van der Waals surface area contributed by atoms with Crippen LogP contribution in [0.1, 0.15) is 25.0 Å². The van der Waals surface area contributed by atoms with E-state index < -0.39 is 0 Å². The smallest absolute Gasteiger partial charge is 0.323 e. The highest BCUT2D eigenvalue weighted by molar-refractivity contribution is 5.35. The van der Waals surface area contributed by atoms with Crippen LogP contribution in [0.25, 0.3) is 0 Å². The largest absolute Gasteiger partial charge is 0.461 e. The highest BCUT2D eigenvalue weighted by atomic mass is 16.5. The van der Waals surface area contributed by atoms with Crippen molar-refractivity contribution in [2.45, 2.75) is 33.4 Å². The van der Waals surface area contributed by atoms with Crippen molar-refractivity contribution in [2.24, 2.45) is 0 Å². The van der Waals surface area contributed by atoms with Crippen LogP contribution in [0.2, 0.25) is 0 Å². The molecule has 3 N–H and O–H groups in total. The Morgan fingerprint density at radius 2 is 1.95 bits per heavy atom. The summed E-state index contributed by atoms with van der Waals surface area (Å²) in [4.78, 5) is 12.2. The Labute approximate surface area is 118 Å². The molecule has 0 fully saturated rings. The molecule has 1 aromatic heterocycles. The van der Waals surface area contributed by atoms with Gasteiger partial charge in [-0.05, 0) is 31.9 Å². The Morgan fingerprint density at radius 1 is 1.20 bits per heavy atom. The maximum Gasteiger partial charge on any atom is 0.323 e. The lowest BCUT2D eigenvalue weighted by Crippen LogP contribution is -2.13. The molecule has 106 valence electrons. The average Bonchev–Trinajstić information content (AvgIpc) is 2.36. The number of benzene rings is 1. The summed E-state index contributed by atoms with van der Waals surface area (Å²) in [5, 5.41) is 3.13. The molecule has 0 aliphatic rings. The molecule has 2 aromatic rings. The molecule has 1 heterocycles. The molecule has 1 aromatic carbocycles. The minimum atomic E-state index is -0.0129. The summed E-state index contributed by atoms with van der Waals surface area (Å²) in [6.07, 6.45) is -0.0129. The lowest BCUT2D eigenvalue weighted by Gasteiger charge is -2.11. The van der Waals surface area contributed by atoms with E-state index in [2.05, 4.69) is 39.3 Å². The van der Waals surface area contributed by atoms with Crippen molar-refractivity contribution in [3.63, 3.8) is 0 Å². The Morgan fingerprint density at radius 3 is 2.65 bits per heavy atom. The van der Waals surface area contributed by atoms with Gasteiger partial charge in [0, 0.05) is 6.54 Å². The number of nitrogens with one attached hydrogen (secondary N) is 1. The first-order chi connectivity index (χ1) is 9.54. The van der Waals surface area contributed by atoms with Gasteiger partial charge in [-0.1, -0.05) is 24.3 Å². The minimum absolute atomic E-state index is 0.0129. The third kappa shape index (κ3) is 3.81. The van der Waals surface area contributed by atoms with Gasteiger partial charge in [-0.2, -0.15) is 15.0 Å². The number of rotatable bonds is 5. The molecule has 0 amide bonds. The normalized spacial score (nSPS) is 10.6. The van der Waals surface area contributed by atoms with Gasteiger partial charge in [0.1, 0.15) is 0 Å². The highest BCUT2D eigenvalue weighted by Crippen LogP contribution is 2.13. The maximum absolute atomic E-state index is 5.65. The average molecular weight is 273 g/mol. The molecular formula is C14H19N5O. The van der Waals surface area contributed by atoms with Gasteiger partial charge in [-0.25, -0.2) is 0 Å². The number of hydrogen-bond donors (Lipinski definition) is 2. The molecule has 0 spiro atoms. The molecule has 0 aliphatic heterocycles. The summed E-state index contributed by atoms with van der Waals surface area (Å²) >= 11 is 0. The third-order valence-electron chi connectivity index (χ3n) is 2.67. The van der Waals surface area contributed by atoms with Gasteiger partial charge in [0.25, 0.3) is 0 Å². The van der Waals surface area contributed by atoms with E-state index in [4.69, 9.17) is 10.5 Å². The number of hydrogen-bond acceptors (Lipinski definition) is 6. The molecule has 0 saturated heterocycles. The molecule has 2 rings (SSSR count). The predicted octanol–water partition coefficient (Wildman–Crippen LogP) is 2.16. The van der Waals surface area contributed by atoms with Crippen LogP contribution >= 0.6 is 0 Å². The maximum atomic E-state index is 5.65. The topological polar surface area (TPSA) is 86.0 Å². The van der Waals surface area contributed by atoms with Crippen LogP contribution < -0.4 is 15.8 Å². The summed E-state index contributed by atoms with van der Waals surface area (Å²) in [5.74, 6) is 0.555. The van der Waals surface area contributed by atoms with Crippen LogP contribution in [0, 0.1) is 6.92 Å². The van der Waals surface area contributed by atoms with E-state index >= 15 is 0 Å². The fourth-order valence-electron chi connectivity index (χ4n) is 1.70. The van der Waals surface area contributed by atoms with E-state index in [1.54, 1.807) is 0 Å². The van der Waals surface area contributed by atoms with E-state index in [1.807, 2.05) is 26.0 Å². The molecular weight excluding hydrogens is 254 g/mol. The van der Waals surface area contributed by atoms with Crippen molar-refractivity contribution in [3.05, 3.63) is 35.4 Å². The van der Waals surface area contributed by atoms with E-state index in [0.717, 1.165) is 0 Å². The van der Waals surface area contributed by atoms with Crippen LogP contribution in [0.15, 0.2) is 24.3 Å². The lowest BCUT2D eigenvalue weighted by atomic mass is 10.1. The number of aromatic nitrogens is 3. The molecule has 0 radical (unpaired) electrons. The second-order valence-electron chi connectivity index (χ2n) is 4.75. The summed E-state index contributed by atoms with van der Waals surface area (Å²) in [6, 6.07) is 8.36. The zero-order valence-corrected chi connectivity index (χ0v) is 11.9. The van der Waals surface area contributed by atoms with Crippen molar-refractivity contribution in [1.82, 2.24) is 15.0 Å². The summed E-state index contributed by atoms with van der Waals surface area (Å²) in [6.45, 7) is 6.49. The fraction of sp³-hybridized carbons (Fsp3) is 0.357. The molecule has 0 unspecified atom stereocenters. The monoisotopic (exact) mass is 273 g/mol. The van der Waals surface area contributed by atoms with Crippen LogP contribution in [-0.2, 0) is 6.54 Å². The quantitative estimate of drug-likeness (QED) is 0.868. The fourth-order valence-corrected chi connectivity index (χ4v) is 1.70. The number of nitrogens with zero attached hydrogens (tertiary/aromatic N) is 3. The van der Waals surface area contributed by atoms with E-state index in [-0.39, 0.29) is 18.1 Å². The third-order valence-corrected chi connectivity index (χ3v) is 2.67. The molecule has 0 aliphatic carbocycles. The zero-order valence-electron chi connectivity index (χ0n) is 11.9. The number of ether oxygens (including phenoxy) is 1. The summed E-state index contributed by atoms with van der Waals surface area (Å²) in [5.41, 5.74) is 8.04. The number of anilines is 2. The lowest BCUT2D eigenvalue weighted by molar-refractivity contribution is 0.222. The van der Waals surface area contributed by atoms with Gasteiger partial charge >= 0.3 is 6.01 Å². The molecule has 6 nitrogen and oxygen atoms in total. The van der Waals surface area contributed by atoms with Crippen LogP contribution in [0.5, 0.6) is 6.01 Å². The molecule has 0 saturated carbocycles. The first-order valence-corrected chi connectivity index (χ1v) is 6.51. The summed E-state index contributed by atoms with van der Waals surface area (Å²) in [7, 11) is 0. The summed E-state index contributed by atoms with van der Waals surface area (Å²) < 4.78 is 5.43. The second-order valence-corrected chi connectivity index (χ2v) is 4.75. The molecule has 6 heteroatoms. The Balaban J connectivity index is 2.09. The van der Waals surface area contributed by atoms with Crippen LogP contribution in [-0.4, -0.2) is 21.1 Å². The van der Waals surface area contributed by atoms with Crippen LogP contribution in [0.3, 0.4) is 0 Å². The van der Waals surface area contributed by atoms with Gasteiger partial charge in [-0.15, -0.1) is 0 Å². The van der Waals surface area contributed by atoms with Crippen molar-refractivity contribution >= 4 is 11.9 Å². The molecule has 20 heavy (non-hydrogen) atoms. The van der Waals surface area contributed by atoms with Gasteiger partial charge in [-0.3, -0.25) is 0 Å². The van der Waals surface area contributed by atoms with E-state index in [0.29, 0.717) is 12.5 Å². The van der Waals surface area contributed by atoms with Gasteiger partial charge in [0.2, 0.25) is 11.9 Å². The number of nitrogen functional groups attached to an aromatic ring is 1. The second kappa shape index (κ2) is 6.18. The number of nitrogens with two attached hydrogens (primary N) is 1. The van der Waals surface area contributed by atoms with Crippen molar-refractivity contribution in [2.75, 3.05) is 11.1 Å². The Hall–Kier alpha value is -2.37. The molecule has 0 bridgehead atoms. The minimum Gasteiger partial charge on any atom is -0.461 e. The number of aryl methyl sites for hydroxylation is 1. The van der Waals surface area contributed by atoms with E-state index in [1.165, 1.54) is 11.1 Å². The highest BCUT2D eigenvalue weighted by Gasteiger charge is 2.07. The van der Waals surface area contributed by atoms with E-state index in [9.17, 15) is 0 Å². The Bertz CT molecular complexity index is 586. The molecule has 0 atom stereocenters. The van der Waals surface area contributed by atoms with Crippen molar-refractivity contribution in [3.8, 4) is 6.01 Å². The van der Waals surface area contributed by atoms with Gasteiger partial charge < -0.3 is 15.8 Å². The van der Waals surface area contributed by atoms with Gasteiger partial charge in [0.15, 0.2) is 0 Å². The van der Waals surface area contributed by atoms with Gasteiger partial charge in [0.05, 0.1) is 6.10 Å². The van der Waals surface area contributed by atoms with Crippen LogP contribution in [0.4, 0.5) is 11.9 Å². The first kappa shape index (κ1) is 14.0. The predicted molar refractivity (Wildman–Crippen MR) is 78.5 cm³/mol. The standard InChI is InChI=1S/C14H19N5O/c1-9(2)20-14-18-12(15)17-13(19-14)16-8-11-7-5-4-6-10(11)3/h4-7,9H,8H2,1-3H3,(H3,15,16,17,18,19). The van der Waals surface area contributed by atoms with Crippen molar-refractivity contribution < 1.29 is 4.74 Å². The van der Waals surface area contributed by atoms with Crippen molar-refractivity contribution in [1.29, 1.82) is 0 Å². The first-order valence-electron chi connectivity index (χ1n) is 6.51. The SMILES string of the molecule is Cc1ccccc1CNc1nc(N)nc(OC(C)C)n1. The Kier molecular flexibility index (Phi) is 4.34.